The van der Waals surface area contributed by atoms with Crippen LogP contribution in [0.5, 0.6) is 11.5 Å². The maximum absolute atomic E-state index is 12.7. The van der Waals surface area contributed by atoms with Crippen LogP contribution in [0.1, 0.15) is 12.5 Å². The van der Waals surface area contributed by atoms with Crippen LogP contribution in [0.15, 0.2) is 70.5 Å². The van der Waals surface area contributed by atoms with Crippen LogP contribution in [0.4, 0.5) is 11.4 Å². The lowest BCUT2D eigenvalue weighted by molar-refractivity contribution is -0.115. The Morgan fingerprint density at radius 3 is 2.29 bits per heavy atom. The zero-order valence-electron chi connectivity index (χ0n) is 19.1. The van der Waals surface area contributed by atoms with Gasteiger partial charge in [-0.3, -0.25) is 9.52 Å². The third-order valence-corrected chi connectivity index (χ3v) is 7.62. The molecule has 3 aromatic carbocycles. The number of thioether (sulfide) groups is 1. The topological polar surface area (TPSA) is 93.7 Å². The molecule has 0 fully saturated rings. The summed E-state index contributed by atoms with van der Waals surface area (Å²) in [6.07, 6.45) is 0. The van der Waals surface area contributed by atoms with E-state index in [-0.39, 0.29) is 10.8 Å². The number of anilines is 2. The summed E-state index contributed by atoms with van der Waals surface area (Å²) in [6.45, 7) is 3.57. The summed E-state index contributed by atoms with van der Waals surface area (Å²) in [7, 11) is -0.700. The van der Waals surface area contributed by atoms with Gasteiger partial charge in [0, 0.05) is 15.6 Å². The summed E-state index contributed by atoms with van der Waals surface area (Å²) in [6, 6.07) is 16.4. The van der Waals surface area contributed by atoms with Crippen LogP contribution in [-0.4, -0.2) is 33.8 Å². The number of rotatable bonds is 9. The lowest BCUT2D eigenvalue weighted by Crippen LogP contribution is -2.22. The maximum atomic E-state index is 12.7. The van der Waals surface area contributed by atoms with Gasteiger partial charge < -0.3 is 14.8 Å². The minimum absolute atomic E-state index is 0.0672. The highest BCUT2D eigenvalue weighted by atomic mass is 35.5. The number of hydrogen-bond donors (Lipinski definition) is 2. The van der Waals surface area contributed by atoms with Gasteiger partial charge in [-0.15, -0.1) is 11.8 Å². The van der Waals surface area contributed by atoms with Gasteiger partial charge in [0.1, 0.15) is 0 Å². The van der Waals surface area contributed by atoms with E-state index < -0.39 is 15.3 Å². The molecule has 0 bridgehead atoms. The number of halogens is 1. The van der Waals surface area contributed by atoms with Crippen LogP contribution in [0.25, 0.3) is 0 Å². The molecule has 1 atom stereocenters. The van der Waals surface area contributed by atoms with Crippen molar-refractivity contribution in [1.82, 2.24) is 0 Å². The Labute approximate surface area is 208 Å². The van der Waals surface area contributed by atoms with Crippen molar-refractivity contribution in [2.45, 2.75) is 28.9 Å². The number of methoxy groups -OCH3 is 2. The van der Waals surface area contributed by atoms with Crippen molar-refractivity contribution in [1.29, 1.82) is 0 Å². The van der Waals surface area contributed by atoms with Crippen LogP contribution in [0.2, 0.25) is 5.02 Å². The van der Waals surface area contributed by atoms with Gasteiger partial charge in [-0.1, -0.05) is 17.7 Å². The van der Waals surface area contributed by atoms with Crippen molar-refractivity contribution in [3.8, 4) is 11.5 Å². The second kappa shape index (κ2) is 11.0. The quantitative estimate of drug-likeness (QED) is 0.357. The molecule has 1 unspecified atom stereocenters. The number of carbonyl (C=O) groups is 1. The lowest BCUT2D eigenvalue weighted by Gasteiger charge is -2.14. The molecule has 0 spiro atoms. The SMILES string of the molecule is COc1ccc(SC(C)C(=O)Nc2ccc(S(=O)(=O)Nc3cc(Cl)ccc3C)cc2)cc1OC. The second-order valence-electron chi connectivity index (χ2n) is 7.36. The van der Waals surface area contributed by atoms with Gasteiger partial charge in [0.05, 0.1) is 30.1 Å². The van der Waals surface area contributed by atoms with E-state index in [1.54, 1.807) is 64.5 Å². The van der Waals surface area contributed by atoms with Crippen molar-refractivity contribution >= 4 is 50.7 Å². The fourth-order valence-electron chi connectivity index (χ4n) is 3.02. The largest absolute Gasteiger partial charge is 0.493 e. The van der Waals surface area contributed by atoms with Gasteiger partial charge in [-0.05, 0) is 74.0 Å². The molecule has 180 valence electrons. The first kappa shape index (κ1) is 25.7. The Hall–Kier alpha value is -2.88. The molecule has 1 amide bonds. The molecule has 0 aromatic heterocycles. The van der Waals surface area contributed by atoms with E-state index in [0.29, 0.717) is 27.9 Å². The number of aryl methyl sites for hydroxylation is 1. The van der Waals surface area contributed by atoms with E-state index in [0.717, 1.165) is 10.5 Å². The van der Waals surface area contributed by atoms with Crippen LogP contribution >= 0.6 is 23.4 Å². The van der Waals surface area contributed by atoms with Gasteiger partial charge in [0.2, 0.25) is 5.91 Å². The summed E-state index contributed by atoms with van der Waals surface area (Å²) < 4.78 is 38.6. The molecule has 0 saturated heterocycles. The number of carbonyl (C=O) groups excluding carboxylic acids is 1. The normalized spacial score (nSPS) is 12.0. The Morgan fingerprint density at radius 1 is 0.971 bits per heavy atom. The Bertz CT molecular complexity index is 1280. The average Bonchev–Trinajstić information content (AvgIpc) is 2.81. The Kier molecular flexibility index (Phi) is 8.35. The van der Waals surface area contributed by atoms with Crippen LogP contribution in [0, 0.1) is 6.92 Å². The highest BCUT2D eigenvalue weighted by Crippen LogP contribution is 2.34. The number of ether oxygens (including phenoxy) is 2. The molecule has 0 aliphatic carbocycles. The lowest BCUT2D eigenvalue weighted by atomic mass is 10.2. The van der Waals surface area contributed by atoms with Crippen LogP contribution in [-0.2, 0) is 14.8 Å². The first-order chi connectivity index (χ1) is 16.1. The molecule has 2 N–H and O–H groups in total. The predicted molar refractivity (Wildman–Crippen MR) is 137 cm³/mol. The Balaban J connectivity index is 1.65. The first-order valence-corrected chi connectivity index (χ1v) is 13.0. The van der Waals surface area contributed by atoms with Gasteiger partial charge in [-0.25, -0.2) is 8.42 Å². The second-order valence-corrected chi connectivity index (χ2v) is 10.9. The van der Waals surface area contributed by atoms with E-state index >= 15 is 0 Å². The van der Waals surface area contributed by atoms with Gasteiger partial charge in [-0.2, -0.15) is 0 Å². The van der Waals surface area contributed by atoms with Crippen molar-refractivity contribution < 1.29 is 22.7 Å². The summed E-state index contributed by atoms with van der Waals surface area (Å²) in [4.78, 5) is 13.6. The molecule has 3 rings (SSSR count). The zero-order valence-corrected chi connectivity index (χ0v) is 21.5. The third kappa shape index (κ3) is 6.37. The number of benzene rings is 3. The molecule has 0 radical (unpaired) electrons. The van der Waals surface area contributed by atoms with Gasteiger partial charge >= 0.3 is 0 Å². The van der Waals surface area contributed by atoms with Gasteiger partial charge in [0.25, 0.3) is 10.0 Å². The highest BCUT2D eigenvalue weighted by molar-refractivity contribution is 8.00. The minimum atomic E-state index is -3.81. The molecule has 34 heavy (non-hydrogen) atoms. The third-order valence-electron chi connectivity index (χ3n) is 4.91. The Morgan fingerprint density at radius 2 is 1.65 bits per heavy atom. The van der Waals surface area contributed by atoms with E-state index in [4.69, 9.17) is 21.1 Å². The summed E-state index contributed by atoms with van der Waals surface area (Å²) in [5.74, 6) is 0.973. The van der Waals surface area contributed by atoms with Crippen molar-refractivity contribution in [2.24, 2.45) is 0 Å². The summed E-state index contributed by atoms with van der Waals surface area (Å²) >= 11 is 7.34. The van der Waals surface area contributed by atoms with Crippen molar-refractivity contribution in [3.05, 3.63) is 71.2 Å². The summed E-state index contributed by atoms with van der Waals surface area (Å²) in [5.41, 5.74) is 1.64. The van der Waals surface area contributed by atoms with E-state index in [9.17, 15) is 13.2 Å². The maximum Gasteiger partial charge on any atom is 0.261 e. The molecule has 0 aliphatic rings. The molecule has 0 saturated carbocycles. The number of amides is 1. The van der Waals surface area contributed by atoms with E-state index in [1.165, 1.54) is 23.9 Å². The first-order valence-electron chi connectivity index (χ1n) is 10.2. The van der Waals surface area contributed by atoms with E-state index in [1.807, 2.05) is 12.1 Å². The molecule has 0 heterocycles. The fraction of sp³-hybridized carbons (Fsp3) is 0.208. The average molecular weight is 521 g/mol. The monoisotopic (exact) mass is 520 g/mol. The molecule has 3 aromatic rings. The van der Waals surface area contributed by atoms with Crippen LogP contribution in [0.3, 0.4) is 0 Å². The van der Waals surface area contributed by atoms with Gasteiger partial charge in [0.15, 0.2) is 11.5 Å². The number of hydrogen-bond acceptors (Lipinski definition) is 6. The molecule has 0 aliphatic heterocycles. The predicted octanol–water partition coefficient (Wildman–Crippen LogP) is 5.59. The van der Waals surface area contributed by atoms with Crippen molar-refractivity contribution in [3.63, 3.8) is 0 Å². The summed E-state index contributed by atoms with van der Waals surface area (Å²) in [5, 5.41) is 2.83. The zero-order chi connectivity index (χ0) is 24.9. The molecular weight excluding hydrogens is 496 g/mol. The van der Waals surface area contributed by atoms with Crippen LogP contribution < -0.4 is 19.5 Å². The number of nitrogens with one attached hydrogen (secondary N) is 2. The van der Waals surface area contributed by atoms with E-state index in [2.05, 4.69) is 10.0 Å². The van der Waals surface area contributed by atoms with Crippen molar-refractivity contribution in [2.75, 3.05) is 24.3 Å². The number of sulfonamides is 1. The molecule has 7 nitrogen and oxygen atoms in total. The smallest absolute Gasteiger partial charge is 0.261 e. The standard InChI is InChI=1S/C24H25ClN2O5S2/c1-15-5-6-17(25)13-21(15)27-34(29,30)20-10-7-18(8-11-20)26-24(28)16(2)33-19-9-12-22(31-3)23(14-19)32-4/h5-14,16,27H,1-4H3,(H,26,28). The minimum Gasteiger partial charge on any atom is -0.493 e. The molecular formula is C24H25ClN2O5S2. The fourth-order valence-corrected chi connectivity index (χ4v) is 5.21. The highest BCUT2D eigenvalue weighted by Gasteiger charge is 2.18. The molecule has 10 heteroatoms.